The summed E-state index contributed by atoms with van der Waals surface area (Å²) in [6.07, 6.45) is 0.613. The van der Waals surface area contributed by atoms with Crippen molar-refractivity contribution >= 4 is 11.6 Å². The van der Waals surface area contributed by atoms with Gasteiger partial charge in [0.1, 0.15) is 11.6 Å². The van der Waals surface area contributed by atoms with Crippen molar-refractivity contribution < 1.29 is 18.4 Å². The highest BCUT2D eigenvalue weighted by Crippen LogP contribution is 2.22. The Kier molecular flexibility index (Phi) is 7.33. The predicted octanol–water partition coefficient (Wildman–Crippen LogP) is 4.46. The van der Waals surface area contributed by atoms with Gasteiger partial charge in [-0.1, -0.05) is 5.16 Å². The van der Waals surface area contributed by atoms with E-state index in [-0.39, 0.29) is 37.5 Å². The molecule has 2 aromatic carbocycles. The second-order valence-electron chi connectivity index (χ2n) is 6.86. The predicted molar refractivity (Wildman–Crippen MR) is 113 cm³/mol. The quantitative estimate of drug-likeness (QED) is 0.505. The molecule has 0 bridgehead atoms. The number of aromatic nitrogens is 2. The molecule has 0 atom stereocenters. The van der Waals surface area contributed by atoms with Crippen molar-refractivity contribution in [3.05, 3.63) is 59.7 Å². The monoisotopic (exact) mass is 422 g/mol. The van der Waals surface area contributed by atoms with Gasteiger partial charge in [0.05, 0.1) is 19.1 Å². The van der Waals surface area contributed by atoms with Crippen LogP contribution in [0.15, 0.2) is 47.0 Å². The van der Waals surface area contributed by atoms with Crippen LogP contribution in [0, 0.1) is 24.1 Å². The summed E-state index contributed by atoms with van der Waals surface area (Å²) in [5, 5.41) is 12.9. The van der Waals surface area contributed by atoms with Gasteiger partial charge in [0.15, 0.2) is 0 Å². The number of rotatable bonds is 9. The van der Waals surface area contributed by atoms with Crippen LogP contribution in [0.1, 0.15) is 31.2 Å². The van der Waals surface area contributed by atoms with E-state index in [1.807, 2.05) is 6.92 Å². The molecular weight excluding hydrogens is 399 g/mol. The Morgan fingerprint density at radius 2 is 2.03 bits per heavy atom. The lowest BCUT2D eigenvalue weighted by atomic mass is 10.1. The lowest BCUT2D eigenvalue weighted by Crippen LogP contribution is -2.32. The molecule has 0 unspecified atom stereocenters. The number of ether oxygens (including phenoxy) is 1. The van der Waals surface area contributed by atoms with Crippen LogP contribution in [-0.4, -0.2) is 29.2 Å². The molecule has 160 valence electrons. The molecule has 0 aliphatic rings. The average molecular weight is 422 g/mol. The summed E-state index contributed by atoms with van der Waals surface area (Å²) >= 11 is 0. The molecule has 0 N–H and O–H groups in total. The van der Waals surface area contributed by atoms with Crippen LogP contribution in [0.4, 0.5) is 10.1 Å². The molecule has 0 saturated carbocycles. The van der Waals surface area contributed by atoms with Crippen LogP contribution in [0.5, 0.6) is 5.75 Å². The molecular formula is C23H23FN4O3. The van der Waals surface area contributed by atoms with Crippen LogP contribution < -0.4 is 9.64 Å². The number of hydrogen-bond donors (Lipinski definition) is 0. The van der Waals surface area contributed by atoms with Gasteiger partial charge in [0, 0.05) is 30.6 Å². The summed E-state index contributed by atoms with van der Waals surface area (Å²) in [6.45, 7) is 4.40. The third-order valence-electron chi connectivity index (χ3n) is 4.64. The van der Waals surface area contributed by atoms with Gasteiger partial charge in [-0.05, 0) is 61.9 Å². The minimum atomic E-state index is -0.301. The maximum absolute atomic E-state index is 13.5. The largest absolute Gasteiger partial charge is 0.494 e. The van der Waals surface area contributed by atoms with Crippen molar-refractivity contribution in [3.8, 4) is 23.2 Å². The lowest BCUT2D eigenvalue weighted by molar-refractivity contribution is -0.118. The molecule has 7 nitrogen and oxygen atoms in total. The van der Waals surface area contributed by atoms with E-state index in [4.69, 9.17) is 14.5 Å². The highest BCUT2D eigenvalue weighted by molar-refractivity contribution is 5.93. The van der Waals surface area contributed by atoms with Crippen molar-refractivity contribution in [1.82, 2.24) is 10.1 Å². The lowest BCUT2D eigenvalue weighted by Gasteiger charge is -2.22. The van der Waals surface area contributed by atoms with E-state index in [9.17, 15) is 9.18 Å². The summed E-state index contributed by atoms with van der Waals surface area (Å²) < 4.78 is 24.2. The van der Waals surface area contributed by atoms with E-state index in [0.717, 1.165) is 0 Å². The molecule has 8 heteroatoms. The molecule has 0 spiro atoms. The molecule has 0 saturated heterocycles. The highest BCUT2D eigenvalue weighted by Gasteiger charge is 2.18. The fourth-order valence-electron chi connectivity index (χ4n) is 3.05. The number of nitrogens with zero attached hydrogens (tertiary/aromatic N) is 4. The molecule has 1 aromatic heterocycles. The van der Waals surface area contributed by atoms with Crippen molar-refractivity contribution in [3.63, 3.8) is 0 Å². The van der Waals surface area contributed by atoms with Gasteiger partial charge in [-0.25, -0.2) is 4.39 Å². The second kappa shape index (κ2) is 10.3. The zero-order valence-electron chi connectivity index (χ0n) is 17.5. The number of carbonyl (C=O) groups is 1. The number of anilines is 1. The van der Waals surface area contributed by atoms with Crippen LogP contribution in [-0.2, 0) is 11.2 Å². The Bertz CT molecular complexity index is 1070. The maximum Gasteiger partial charge on any atom is 0.227 e. The third kappa shape index (κ3) is 5.66. The standard InChI is InChI=1S/C23H23FN4O3/c1-3-30-19-8-6-18(7-9-19)28(14-4-13-25)22(29)12-11-21-26-23(27-31-21)17-5-10-20(24)16(2)15-17/h5-10,15H,3-4,11-12,14H2,1-2H3. The summed E-state index contributed by atoms with van der Waals surface area (Å²) in [4.78, 5) is 18.7. The van der Waals surface area contributed by atoms with Crippen LogP contribution >= 0.6 is 0 Å². The van der Waals surface area contributed by atoms with Gasteiger partial charge < -0.3 is 14.2 Å². The van der Waals surface area contributed by atoms with Crippen molar-refractivity contribution in [2.24, 2.45) is 0 Å². The van der Waals surface area contributed by atoms with E-state index in [2.05, 4.69) is 16.2 Å². The number of hydrogen-bond acceptors (Lipinski definition) is 6. The fraction of sp³-hybridized carbons (Fsp3) is 0.304. The van der Waals surface area contributed by atoms with Crippen molar-refractivity contribution in [2.75, 3.05) is 18.1 Å². The highest BCUT2D eigenvalue weighted by atomic mass is 19.1. The van der Waals surface area contributed by atoms with Crippen LogP contribution in [0.25, 0.3) is 11.4 Å². The van der Waals surface area contributed by atoms with Gasteiger partial charge >= 0.3 is 0 Å². The number of aryl methyl sites for hydroxylation is 2. The first-order chi connectivity index (χ1) is 15.0. The van der Waals surface area contributed by atoms with Gasteiger partial charge in [-0.15, -0.1) is 0 Å². The molecule has 3 aromatic rings. The Hall–Kier alpha value is -3.73. The molecule has 0 aliphatic carbocycles. The Morgan fingerprint density at radius 3 is 2.71 bits per heavy atom. The summed E-state index contributed by atoms with van der Waals surface area (Å²) in [6, 6.07) is 13.8. The van der Waals surface area contributed by atoms with Gasteiger partial charge in [-0.3, -0.25) is 4.79 Å². The molecule has 0 radical (unpaired) electrons. The topological polar surface area (TPSA) is 92.2 Å². The third-order valence-corrected chi connectivity index (χ3v) is 4.64. The Balaban J connectivity index is 1.67. The summed E-state index contributed by atoms with van der Waals surface area (Å²) in [5.41, 5.74) is 1.82. The van der Waals surface area contributed by atoms with E-state index in [1.54, 1.807) is 48.2 Å². The summed E-state index contributed by atoms with van der Waals surface area (Å²) in [7, 11) is 0. The first-order valence-electron chi connectivity index (χ1n) is 10.0. The van der Waals surface area contributed by atoms with E-state index < -0.39 is 0 Å². The molecule has 1 heterocycles. The minimum Gasteiger partial charge on any atom is -0.494 e. The van der Waals surface area contributed by atoms with Gasteiger partial charge in [0.25, 0.3) is 0 Å². The van der Waals surface area contributed by atoms with Gasteiger partial charge in [0.2, 0.25) is 17.6 Å². The van der Waals surface area contributed by atoms with Crippen LogP contribution in [0.3, 0.4) is 0 Å². The number of amides is 1. The molecule has 0 fully saturated rings. The fourth-order valence-corrected chi connectivity index (χ4v) is 3.05. The number of halogens is 1. The normalized spacial score (nSPS) is 10.5. The average Bonchev–Trinajstić information content (AvgIpc) is 3.25. The van der Waals surface area contributed by atoms with Crippen molar-refractivity contribution in [1.29, 1.82) is 5.26 Å². The van der Waals surface area contributed by atoms with Gasteiger partial charge in [-0.2, -0.15) is 10.2 Å². The first kappa shape index (κ1) is 22.0. The SMILES string of the molecule is CCOc1ccc(N(CCC#N)C(=O)CCc2nc(-c3ccc(F)c(C)c3)no2)cc1. The second-order valence-corrected chi connectivity index (χ2v) is 6.86. The number of nitriles is 1. The summed E-state index contributed by atoms with van der Waals surface area (Å²) in [5.74, 6) is 0.922. The maximum atomic E-state index is 13.5. The first-order valence-corrected chi connectivity index (χ1v) is 10.0. The van der Waals surface area contributed by atoms with E-state index in [1.165, 1.54) is 6.07 Å². The minimum absolute atomic E-state index is 0.142. The zero-order chi connectivity index (χ0) is 22.2. The molecule has 1 amide bonds. The number of benzene rings is 2. The smallest absolute Gasteiger partial charge is 0.227 e. The molecule has 3 rings (SSSR count). The van der Waals surface area contributed by atoms with E-state index in [0.29, 0.717) is 40.9 Å². The van der Waals surface area contributed by atoms with Crippen molar-refractivity contribution in [2.45, 2.75) is 33.1 Å². The molecule has 0 aliphatic heterocycles. The van der Waals surface area contributed by atoms with E-state index >= 15 is 0 Å². The zero-order valence-corrected chi connectivity index (χ0v) is 17.5. The van der Waals surface area contributed by atoms with Crippen LogP contribution in [0.2, 0.25) is 0 Å². The molecule has 31 heavy (non-hydrogen) atoms. The Morgan fingerprint density at radius 1 is 1.26 bits per heavy atom. The number of carbonyl (C=O) groups excluding carboxylic acids is 1. The Labute approximate surface area is 180 Å².